The molecule has 18 heavy (non-hydrogen) atoms. The summed E-state index contributed by atoms with van der Waals surface area (Å²) >= 11 is 0. The molecule has 0 amide bonds. The molecule has 0 spiro atoms. The fourth-order valence-corrected chi connectivity index (χ4v) is 7.87. The Kier molecular flexibility index (Phi) is 3.81. The molecule has 0 aromatic heterocycles. The van der Waals surface area contributed by atoms with Crippen molar-refractivity contribution in [1.82, 2.24) is 0 Å². The topological polar surface area (TPSA) is 0 Å². The lowest BCUT2D eigenvalue weighted by molar-refractivity contribution is 0.641. The van der Waals surface area contributed by atoms with Crippen LogP contribution in [0.3, 0.4) is 0 Å². The molecule has 2 rings (SSSR count). The predicted octanol–water partition coefficient (Wildman–Crippen LogP) is 5.77. The van der Waals surface area contributed by atoms with Crippen LogP contribution in [0.4, 0.5) is 0 Å². The largest absolute Gasteiger partial charge is 0.0847 e. The summed E-state index contributed by atoms with van der Waals surface area (Å²) in [5, 5.41) is 1.81. The van der Waals surface area contributed by atoms with Gasteiger partial charge in [-0.25, -0.2) is 0 Å². The number of rotatable bonds is 2. The molecular weight excluding hydrogens is 248 g/mol. The molecule has 0 nitrogen and oxygen atoms in total. The molecule has 0 N–H and O–H groups in total. The molecule has 1 unspecified atom stereocenters. The van der Waals surface area contributed by atoms with Gasteiger partial charge in [0.25, 0.3) is 0 Å². The van der Waals surface area contributed by atoms with E-state index in [2.05, 4.69) is 45.4 Å². The van der Waals surface area contributed by atoms with Crippen LogP contribution < -0.4 is 0 Å². The third-order valence-electron chi connectivity index (χ3n) is 4.67. The van der Waals surface area contributed by atoms with Crippen LogP contribution in [0.2, 0.25) is 44.8 Å². The summed E-state index contributed by atoms with van der Waals surface area (Å²) in [6.45, 7) is 15.2. The molecule has 102 valence electrons. The second kappa shape index (κ2) is 4.79. The molecule has 2 aliphatic rings. The quantitative estimate of drug-likeness (QED) is 0.562. The van der Waals surface area contributed by atoms with E-state index in [1.165, 1.54) is 32.1 Å². The summed E-state index contributed by atoms with van der Waals surface area (Å²) in [6.07, 6.45) is 9.67. The molecule has 0 bridgehead atoms. The van der Waals surface area contributed by atoms with Crippen molar-refractivity contribution in [3.8, 4) is 0 Å². The van der Waals surface area contributed by atoms with E-state index >= 15 is 0 Å². The van der Waals surface area contributed by atoms with Crippen molar-refractivity contribution >= 4 is 16.1 Å². The first-order valence-corrected chi connectivity index (χ1v) is 14.7. The van der Waals surface area contributed by atoms with Gasteiger partial charge in [0.05, 0.1) is 16.1 Å². The van der Waals surface area contributed by atoms with Crippen molar-refractivity contribution in [3.05, 3.63) is 22.4 Å². The second-order valence-corrected chi connectivity index (χ2v) is 18.7. The second-order valence-electron chi connectivity index (χ2n) is 8.23. The minimum atomic E-state index is -1.13. The van der Waals surface area contributed by atoms with Gasteiger partial charge in [-0.1, -0.05) is 56.1 Å². The van der Waals surface area contributed by atoms with Crippen molar-refractivity contribution in [2.45, 2.75) is 76.9 Å². The molecular formula is C16H30Si2. The maximum absolute atomic E-state index is 2.65. The maximum atomic E-state index is 2.65. The smallest absolute Gasteiger partial charge is 0.0775 e. The average Bonchev–Trinajstić information content (AvgIpc) is 2.24. The Balaban J connectivity index is 2.43. The van der Waals surface area contributed by atoms with Crippen LogP contribution in [0.25, 0.3) is 0 Å². The number of hydrogen-bond acceptors (Lipinski definition) is 0. The minimum Gasteiger partial charge on any atom is -0.0847 e. The first kappa shape index (κ1) is 14.3. The molecule has 1 atom stereocenters. The van der Waals surface area contributed by atoms with Crippen LogP contribution in [-0.4, -0.2) is 16.1 Å². The van der Waals surface area contributed by atoms with Crippen LogP contribution in [0, 0.1) is 0 Å². The molecule has 0 aliphatic heterocycles. The summed E-state index contributed by atoms with van der Waals surface area (Å²) in [4.78, 5) is 0. The first-order chi connectivity index (χ1) is 8.21. The third-order valence-corrected chi connectivity index (χ3v) is 9.46. The molecule has 0 fully saturated rings. The fraction of sp³-hybridized carbons (Fsp3) is 0.750. The van der Waals surface area contributed by atoms with Crippen molar-refractivity contribution in [1.29, 1.82) is 0 Å². The van der Waals surface area contributed by atoms with Crippen molar-refractivity contribution in [2.24, 2.45) is 0 Å². The molecule has 0 saturated carbocycles. The highest BCUT2D eigenvalue weighted by Crippen LogP contribution is 2.48. The van der Waals surface area contributed by atoms with Crippen LogP contribution in [0.5, 0.6) is 0 Å². The van der Waals surface area contributed by atoms with Gasteiger partial charge in [0, 0.05) is 0 Å². The SMILES string of the molecule is C[Si](C)(C)C1=CCC([Si](C)(C)C)C2=C1CCCC2. The summed E-state index contributed by atoms with van der Waals surface area (Å²) in [7, 11) is -2.17. The molecule has 0 aromatic carbocycles. The van der Waals surface area contributed by atoms with Gasteiger partial charge < -0.3 is 0 Å². The highest BCUT2D eigenvalue weighted by atomic mass is 28.3. The Morgan fingerprint density at radius 2 is 1.56 bits per heavy atom. The van der Waals surface area contributed by atoms with E-state index in [4.69, 9.17) is 0 Å². The normalized spacial score (nSPS) is 25.9. The van der Waals surface area contributed by atoms with E-state index in [1.54, 1.807) is 0 Å². The van der Waals surface area contributed by atoms with Gasteiger partial charge >= 0.3 is 0 Å². The molecule has 0 radical (unpaired) electrons. The van der Waals surface area contributed by atoms with Crippen LogP contribution in [0.15, 0.2) is 22.4 Å². The van der Waals surface area contributed by atoms with E-state index < -0.39 is 16.1 Å². The molecule has 0 aromatic rings. The highest BCUT2D eigenvalue weighted by Gasteiger charge is 2.37. The van der Waals surface area contributed by atoms with Crippen LogP contribution >= 0.6 is 0 Å². The van der Waals surface area contributed by atoms with Gasteiger partial charge in [0.2, 0.25) is 0 Å². The zero-order valence-corrected chi connectivity index (χ0v) is 15.2. The van der Waals surface area contributed by atoms with Gasteiger partial charge in [-0.05, 0) is 43.2 Å². The summed E-state index contributed by atoms with van der Waals surface area (Å²) in [5.74, 6) is 0. The summed E-state index contributed by atoms with van der Waals surface area (Å²) in [6, 6.07) is 0. The van der Waals surface area contributed by atoms with E-state index in [9.17, 15) is 0 Å². The van der Waals surface area contributed by atoms with Gasteiger partial charge in [-0.3, -0.25) is 0 Å². The summed E-state index contributed by atoms with van der Waals surface area (Å²) < 4.78 is 0. The standard InChI is InChI=1S/C16H30Si2/c1-17(2,3)15-11-12-16(18(4,5)6)14-10-8-7-9-13(14)15/h11,16H,7-10,12H2,1-6H3. The lowest BCUT2D eigenvalue weighted by Crippen LogP contribution is -2.35. The Morgan fingerprint density at radius 3 is 2.11 bits per heavy atom. The van der Waals surface area contributed by atoms with E-state index in [0.717, 1.165) is 5.54 Å². The minimum absolute atomic E-state index is 0.938. The highest BCUT2D eigenvalue weighted by molar-refractivity contribution is 6.84. The van der Waals surface area contributed by atoms with Crippen LogP contribution in [-0.2, 0) is 0 Å². The summed E-state index contributed by atoms with van der Waals surface area (Å²) in [5.41, 5.74) is 4.67. The van der Waals surface area contributed by atoms with Gasteiger partial charge in [-0.2, -0.15) is 0 Å². The van der Waals surface area contributed by atoms with Crippen molar-refractivity contribution in [3.63, 3.8) is 0 Å². The Bertz CT molecular complexity index is 388. The van der Waals surface area contributed by atoms with Gasteiger partial charge in [-0.15, -0.1) is 0 Å². The number of hydrogen-bond donors (Lipinski definition) is 0. The van der Waals surface area contributed by atoms with Crippen LogP contribution in [0.1, 0.15) is 32.1 Å². The Labute approximate surface area is 116 Å². The average molecular weight is 279 g/mol. The van der Waals surface area contributed by atoms with Gasteiger partial charge in [0.15, 0.2) is 0 Å². The van der Waals surface area contributed by atoms with E-state index in [1.807, 2.05) is 16.3 Å². The lowest BCUT2D eigenvalue weighted by atomic mass is 9.85. The first-order valence-electron chi connectivity index (χ1n) is 7.64. The lowest BCUT2D eigenvalue weighted by Gasteiger charge is -2.41. The Hall–Kier alpha value is -0.0862. The monoisotopic (exact) mass is 278 g/mol. The number of allylic oxidation sites excluding steroid dienone is 4. The van der Waals surface area contributed by atoms with E-state index in [-0.39, 0.29) is 0 Å². The van der Waals surface area contributed by atoms with Gasteiger partial charge in [0.1, 0.15) is 0 Å². The molecule has 0 heterocycles. The zero-order chi connectivity index (χ0) is 13.6. The van der Waals surface area contributed by atoms with Crippen molar-refractivity contribution in [2.75, 3.05) is 0 Å². The molecule has 0 saturated heterocycles. The zero-order valence-electron chi connectivity index (χ0n) is 13.2. The molecule has 2 aliphatic carbocycles. The predicted molar refractivity (Wildman–Crippen MR) is 88.6 cm³/mol. The Morgan fingerprint density at radius 1 is 0.944 bits per heavy atom. The maximum Gasteiger partial charge on any atom is 0.0775 e. The molecule has 2 heteroatoms. The van der Waals surface area contributed by atoms with E-state index in [0.29, 0.717) is 0 Å². The fourth-order valence-electron chi connectivity index (χ4n) is 3.76. The third kappa shape index (κ3) is 2.74. The van der Waals surface area contributed by atoms with Crippen molar-refractivity contribution < 1.29 is 0 Å².